The first kappa shape index (κ1) is 12.0. The van der Waals surface area contributed by atoms with Gasteiger partial charge in [0.05, 0.1) is 0 Å². The van der Waals surface area contributed by atoms with Crippen molar-refractivity contribution in [2.45, 2.75) is 13.2 Å². The molecule has 0 radical (unpaired) electrons. The van der Waals surface area contributed by atoms with E-state index in [4.69, 9.17) is 4.74 Å². The van der Waals surface area contributed by atoms with Gasteiger partial charge in [-0.15, -0.1) is 0 Å². The average Bonchev–Trinajstić information content (AvgIpc) is 2.74. The quantitative estimate of drug-likeness (QED) is 0.862. The molecule has 17 heavy (non-hydrogen) atoms. The first-order chi connectivity index (χ1) is 8.16. The maximum Gasteiger partial charge on any atom is 0.320 e. The average molecular weight is 303 g/mol. The highest BCUT2D eigenvalue weighted by Crippen LogP contribution is 2.19. The highest BCUT2D eigenvalue weighted by Gasteiger charge is 2.11. The van der Waals surface area contributed by atoms with E-state index in [1.807, 2.05) is 6.07 Å². The largest absolute Gasteiger partial charge is 0.486 e. The van der Waals surface area contributed by atoms with Crippen LogP contribution in [0, 0.1) is 0 Å². The van der Waals surface area contributed by atoms with Crippen LogP contribution in [0.4, 0.5) is 8.78 Å². The van der Waals surface area contributed by atoms with E-state index in [0.29, 0.717) is 5.75 Å². The number of hydrogen-bond acceptors (Lipinski definition) is 2. The molecule has 0 aliphatic rings. The SMILES string of the molecule is FC(F)n1ccnc1COc1cccc(Br)c1. The lowest BCUT2D eigenvalue weighted by molar-refractivity contribution is 0.0632. The maximum atomic E-state index is 12.5. The Morgan fingerprint density at radius 1 is 1.41 bits per heavy atom. The van der Waals surface area contributed by atoms with Gasteiger partial charge in [0.2, 0.25) is 0 Å². The third-order valence-corrected chi connectivity index (χ3v) is 2.62. The Hall–Kier alpha value is -1.43. The molecule has 0 aliphatic heterocycles. The lowest BCUT2D eigenvalue weighted by Crippen LogP contribution is -2.07. The third kappa shape index (κ3) is 3.03. The van der Waals surface area contributed by atoms with Crippen LogP contribution in [0.3, 0.4) is 0 Å². The molecule has 90 valence electrons. The number of imidazole rings is 1. The topological polar surface area (TPSA) is 27.1 Å². The number of nitrogens with zero attached hydrogens (tertiary/aromatic N) is 2. The highest BCUT2D eigenvalue weighted by molar-refractivity contribution is 9.10. The number of ether oxygens (including phenoxy) is 1. The van der Waals surface area contributed by atoms with Gasteiger partial charge < -0.3 is 4.74 Å². The summed E-state index contributed by atoms with van der Waals surface area (Å²) in [4.78, 5) is 3.82. The number of alkyl halides is 2. The van der Waals surface area contributed by atoms with Crippen molar-refractivity contribution in [3.63, 3.8) is 0 Å². The maximum absolute atomic E-state index is 12.5. The Bertz CT molecular complexity index is 502. The summed E-state index contributed by atoms with van der Waals surface area (Å²) in [6.07, 6.45) is 2.55. The number of rotatable bonds is 4. The Labute approximate surface area is 105 Å². The fourth-order valence-corrected chi connectivity index (χ4v) is 1.72. The van der Waals surface area contributed by atoms with Crippen LogP contribution in [0.25, 0.3) is 0 Å². The Kier molecular flexibility index (Phi) is 3.73. The normalized spacial score (nSPS) is 10.8. The van der Waals surface area contributed by atoms with Gasteiger partial charge in [0.15, 0.2) is 5.82 Å². The fourth-order valence-electron chi connectivity index (χ4n) is 1.34. The zero-order valence-electron chi connectivity index (χ0n) is 8.69. The van der Waals surface area contributed by atoms with Crippen molar-refractivity contribution >= 4 is 15.9 Å². The zero-order valence-corrected chi connectivity index (χ0v) is 10.3. The van der Waals surface area contributed by atoms with Gasteiger partial charge in [-0.2, -0.15) is 8.78 Å². The van der Waals surface area contributed by atoms with Crippen LogP contribution in [0.5, 0.6) is 5.75 Å². The van der Waals surface area contributed by atoms with Gasteiger partial charge in [-0.3, -0.25) is 4.57 Å². The molecule has 0 unspecified atom stereocenters. The third-order valence-electron chi connectivity index (χ3n) is 2.12. The van der Waals surface area contributed by atoms with Crippen LogP contribution in [0.1, 0.15) is 12.4 Å². The van der Waals surface area contributed by atoms with Crippen molar-refractivity contribution in [1.29, 1.82) is 0 Å². The van der Waals surface area contributed by atoms with Crippen LogP contribution in [0.15, 0.2) is 41.1 Å². The lowest BCUT2D eigenvalue weighted by atomic mass is 10.3. The summed E-state index contributed by atoms with van der Waals surface area (Å²) in [5.41, 5.74) is 0. The lowest BCUT2D eigenvalue weighted by Gasteiger charge is -2.08. The summed E-state index contributed by atoms with van der Waals surface area (Å²) in [6, 6.07) is 7.17. The van der Waals surface area contributed by atoms with Crippen molar-refractivity contribution in [1.82, 2.24) is 9.55 Å². The number of aromatic nitrogens is 2. The van der Waals surface area contributed by atoms with Gasteiger partial charge in [0.25, 0.3) is 0 Å². The second-order valence-electron chi connectivity index (χ2n) is 3.27. The highest BCUT2D eigenvalue weighted by atomic mass is 79.9. The van der Waals surface area contributed by atoms with Crippen LogP contribution in [-0.4, -0.2) is 9.55 Å². The first-order valence-corrected chi connectivity index (χ1v) is 5.64. The number of benzene rings is 1. The monoisotopic (exact) mass is 302 g/mol. The summed E-state index contributed by atoms with van der Waals surface area (Å²) < 4.78 is 32.0. The number of hydrogen-bond donors (Lipinski definition) is 0. The van der Waals surface area contributed by atoms with Crippen molar-refractivity contribution < 1.29 is 13.5 Å². The van der Waals surface area contributed by atoms with E-state index in [9.17, 15) is 8.78 Å². The minimum Gasteiger partial charge on any atom is -0.486 e. The molecular formula is C11H9BrF2N2O. The molecule has 3 nitrogen and oxygen atoms in total. The summed E-state index contributed by atoms with van der Waals surface area (Å²) in [5, 5.41) is 0. The molecule has 0 N–H and O–H groups in total. The molecule has 0 fully saturated rings. The Morgan fingerprint density at radius 3 is 2.94 bits per heavy atom. The summed E-state index contributed by atoms with van der Waals surface area (Å²) in [7, 11) is 0. The van der Waals surface area contributed by atoms with Crippen molar-refractivity contribution in [2.75, 3.05) is 0 Å². The smallest absolute Gasteiger partial charge is 0.320 e. The van der Waals surface area contributed by atoms with Crippen molar-refractivity contribution in [2.24, 2.45) is 0 Å². The standard InChI is InChI=1S/C11H9BrF2N2O/c12-8-2-1-3-9(6-8)17-7-10-15-4-5-16(10)11(13)14/h1-6,11H,7H2. The van der Waals surface area contributed by atoms with E-state index in [1.165, 1.54) is 12.4 Å². The second kappa shape index (κ2) is 5.27. The van der Waals surface area contributed by atoms with Crippen molar-refractivity contribution in [3.8, 4) is 5.75 Å². The summed E-state index contributed by atoms with van der Waals surface area (Å²) in [5.74, 6) is 0.795. The molecule has 2 aromatic rings. The first-order valence-electron chi connectivity index (χ1n) is 4.85. The van der Waals surface area contributed by atoms with Gasteiger partial charge in [-0.1, -0.05) is 22.0 Å². The van der Waals surface area contributed by atoms with Gasteiger partial charge in [0, 0.05) is 16.9 Å². The molecule has 0 saturated heterocycles. The molecule has 0 saturated carbocycles. The molecule has 1 aromatic heterocycles. The second-order valence-corrected chi connectivity index (χ2v) is 4.19. The molecular weight excluding hydrogens is 294 g/mol. The van der Waals surface area contributed by atoms with Crippen LogP contribution in [-0.2, 0) is 6.61 Å². The minimum atomic E-state index is -2.60. The van der Waals surface area contributed by atoms with Gasteiger partial charge >= 0.3 is 6.55 Å². The van der Waals surface area contributed by atoms with E-state index in [1.54, 1.807) is 18.2 Å². The number of halogens is 3. The molecule has 0 atom stereocenters. The fraction of sp³-hybridized carbons (Fsp3) is 0.182. The molecule has 1 aromatic carbocycles. The van der Waals surface area contributed by atoms with Crippen LogP contribution in [0.2, 0.25) is 0 Å². The van der Waals surface area contributed by atoms with E-state index in [-0.39, 0.29) is 12.4 Å². The van der Waals surface area contributed by atoms with Crippen LogP contribution >= 0.6 is 15.9 Å². The molecule has 0 spiro atoms. The van der Waals surface area contributed by atoms with Crippen LogP contribution < -0.4 is 4.74 Å². The molecule has 0 amide bonds. The Balaban J connectivity index is 2.05. The predicted octanol–water partition coefficient (Wildman–Crippen LogP) is 3.62. The summed E-state index contributed by atoms with van der Waals surface area (Å²) >= 11 is 3.30. The minimum absolute atomic E-state index is 0.00773. The van der Waals surface area contributed by atoms with Gasteiger partial charge in [-0.05, 0) is 18.2 Å². The van der Waals surface area contributed by atoms with Gasteiger partial charge in [0.1, 0.15) is 12.4 Å². The Morgan fingerprint density at radius 2 is 2.24 bits per heavy atom. The molecule has 0 aliphatic carbocycles. The van der Waals surface area contributed by atoms with E-state index in [0.717, 1.165) is 9.04 Å². The summed E-state index contributed by atoms with van der Waals surface area (Å²) in [6.45, 7) is -2.59. The molecule has 6 heteroatoms. The van der Waals surface area contributed by atoms with E-state index in [2.05, 4.69) is 20.9 Å². The molecule has 2 rings (SSSR count). The van der Waals surface area contributed by atoms with E-state index < -0.39 is 6.55 Å². The molecule has 0 bridgehead atoms. The molecule has 1 heterocycles. The zero-order chi connectivity index (χ0) is 12.3. The van der Waals surface area contributed by atoms with E-state index >= 15 is 0 Å². The van der Waals surface area contributed by atoms with Gasteiger partial charge in [-0.25, -0.2) is 4.98 Å². The van der Waals surface area contributed by atoms with Crippen molar-refractivity contribution in [3.05, 3.63) is 47.0 Å². The predicted molar refractivity (Wildman–Crippen MR) is 62.0 cm³/mol.